The van der Waals surface area contributed by atoms with Crippen LogP contribution in [0.25, 0.3) is 5.52 Å². The summed E-state index contributed by atoms with van der Waals surface area (Å²) in [6.45, 7) is 0. The predicted molar refractivity (Wildman–Crippen MR) is 69.5 cm³/mol. The Morgan fingerprint density at radius 3 is 3.00 bits per heavy atom. The summed E-state index contributed by atoms with van der Waals surface area (Å²) in [5, 5.41) is 3.12. The number of carbonyl (C=O) groups is 1. The fourth-order valence-electron chi connectivity index (χ4n) is 2.58. The molecule has 0 spiro atoms. The molecule has 1 N–H and O–H groups in total. The Bertz CT molecular complexity index is 555. The number of nitrogens with one attached hydrogen (secondary N) is 1. The number of carbonyl (C=O) groups excluding carboxylic acids is 1. The van der Waals surface area contributed by atoms with Crippen LogP contribution in [0.2, 0.25) is 0 Å². The average Bonchev–Trinajstić information content (AvgIpc) is 2.87. The van der Waals surface area contributed by atoms with Crippen molar-refractivity contribution in [2.45, 2.75) is 38.1 Å². The molecule has 0 aromatic carbocycles. The number of fused-ring (bicyclic) bond motifs is 1. The normalized spacial score (nSPS) is 16.9. The van der Waals surface area contributed by atoms with Crippen LogP contribution < -0.4 is 5.32 Å². The Hall–Kier alpha value is -1.84. The van der Waals surface area contributed by atoms with Gasteiger partial charge >= 0.3 is 0 Å². The van der Waals surface area contributed by atoms with Gasteiger partial charge in [-0.25, -0.2) is 4.98 Å². The molecular formula is C14H17N3O. The monoisotopic (exact) mass is 243 g/mol. The molecule has 1 aliphatic carbocycles. The van der Waals surface area contributed by atoms with Crippen molar-refractivity contribution in [2.75, 3.05) is 0 Å². The van der Waals surface area contributed by atoms with E-state index in [1.165, 1.54) is 19.3 Å². The zero-order valence-corrected chi connectivity index (χ0v) is 10.3. The van der Waals surface area contributed by atoms with Crippen molar-refractivity contribution >= 4 is 11.4 Å². The van der Waals surface area contributed by atoms with E-state index in [0.717, 1.165) is 18.4 Å². The largest absolute Gasteiger partial charge is 0.349 e. The summed E-state index contributed by atoms with van der Waals surface area (Å²) in [6, 6.07) is 4.07. The molecule has 0 aliphatic heterocycles. The van der Waals surface area contributed by atoms with E-state index in [2.05, 4.69) is 10.3 Å². The Labute approximate surface area is 106 Å². The first-order chi connectivity index (χ1) is 8.83. The number of hydrogen-bond acceptors (Lipinski definition) is 2. The van der Waals surface area contributed by atoms with Gasteiger partial charge in [-0.05, 0) is 25.0 Å². The van der Waals surface area contributed by atoms with Gasteiger partial charge in [0.1, 0.15) is 0 Å². The first-order valence-electron chi connectivity index (χ1n) is 6.55. The number of nitrogens with zero attached hydrogens (tertiary/aromatic N) is 2. The summed E-state index contributed by atoms with van der Waals surface area (Å²) in [5.74, 6) is 0.0330. The second kappa shape index (κ2) is 4.80. The number of hydrogen-bond donors (Lipinski definition) is 1. The van der Waals surface area contributed by atoms with E-state index in [9.17, 15) is 4.79 Å². The smallest absolute Gasteiger partial charge is 0.251 e. The summed E-state index contributed by atoms with van der Waals surface area (Å²) in [7, 11) is 0. The van der Waals surface area contributed by atoms with Gasteiger partial charge in [0.05, 0.1) is 18.0 Å². The molecule has 1 amide bonds. The molecule has 3 rings (SSSR count). The molecule has 2 heterocycles. The van der Waals surface area contributed by atoms with Crippen LogP contribution in [-0.2, 0) is 0 Å². The highest BCUT2D eigenvalue weighted by molar-refractivity contribution is 5.95. The molecule has 0 saturated heterocycles. The van der Waals surface area contributed by atoms with Crippen LogP contribution in [0.3, 0.4) is 0 Å². The van der Waals surface area contributed by atoms with Gasteiger partial charge in [-0.15, -0.1) is 0 Å². The summed E-state index contributed by atoms with van der Waals surface area (Å²) < 4.78 is 1.90. The zero-order chi connectivity index (χ0) is 12.4. The minimum absolute atomic E-state index is 0.0330. The standard InChI is InChI=1S/C14H17N3O/c18-14(16-12-4-2-1-3-5-12)11-6-7-17-10-15-9-13(17)8-11/h6-10,12H,1-5H2,(H,16,18). The van der Waals surface area contributed by atoms with Gasteiger partial charge in [0, 0.05) is 17.8 Å². The van der Waals surface area contributed by atoms with Gasteiger partial charge in [0.2, 0.25) is 0 Å². The van der Waals surface area contributed by atoms with Crippen LogP contribution in [0.15, 0.2) is 30.9 Å². The molecule has 1 aliphatic rings. The van der Waals surface area contributed by atoms with E-state index in [1.807, 2.05) is 22.7 Å². The molecule has 0 bridgehead atoms. The Kier molecular flexibility index (Phi) is 3.00. The van der Waals surface area contributed by atoms with Gasteiger partial charge in [0.15, 0.2) is 0 Å². The highest BCUT2D eigenvalue weighted by atomic mass is 16.1. The Morgan fingerprint density at radius 2 is 2.17 bits per heavy atom. The number of rotatable bonds is 2. The minimum atomic E-state index is 0.0330. The maximum Gasteiger partial charge on any atom is 0.251 e. The van der Waals surface area contributed by atoms with E-state index in [1.54, 1.807) is 12.5 Å². The second-order valence-electron chi connectivity index (χ2n) is 4.95. The summed E-state index contributed by atoms with van der Waals surface area (Å²) in [4.78, 5) is 16.2. The third-order valence-corrected chi connectivity index (χ3v) is 3.62. The summed E-state index contributed by atoms with van der Waals surface area (Å²) in [6.07, 6.45) is 11.3. The molecule has 1 fully saturated rings. The maximum absolute atomic E-state index is 12.1. The fraction of sp³-hybridized carbons (Fsp3) is 0.429. The maximum atomic E-state index is 12.1. The number of aromatic nitrogens is 2. The lowest BCUT2D eigenvalue weighted by Gasteiger charge is -2.22. The van der Waals surface area contributed by atoms with Crippen LogP contribution in [0.4, 0.5) is 0 Å². The van der Waals surface area contributed by atoms with Crippen LogP contribution >= 0.6 is 0 Å². The van der Waals surface area contributed by atoms with Crippen LogP contribution in [-0.4, -0.2) is 21.3 Å². The lowest BCUT2D eigenvalue weighted by molar-refractivity contribution is 0.0927. The number of amides is 1. The third kappa shape index (κ3) is 2.23. The van der Waals surface area contributed by atoms with Gasteiger partial charge in [0.25, 0.3) is 5.91 Å². The second-order valence-corrected chi connectivity index (χ2v) is 4.95. The lowest BCUT2D eigenvalue weighted by atomic mass is 9.95. The van der Waals surface area contributed by atoms with E-state index in [0.29, 0.717) is 11.6 Å². The van der Waals surface area contributed by atoms with Crippen molar-refractivity contribution < 1.29 is 4.79 Å². The van der Waals surface area contributed by atoms with Crippen molar-refractivity contribution in [3.05, 3.63) is 36.4 Å². The highest BCUT2D eigenvalue weighted by Crippen LogP contribution is 2.18. The number of pyridine rings is 1. The third-order valence-electron chi connectivity index (χ3n) is 3.62. The average molecular weight is 243 g/mol. The molecular weight excluding hydrogens is 226 g/mol. The van der Waals surface area contributed by atoms with Crippen molar-refractivity contribution in [3.63, 3.8) is 0 Å². The first kappa shape index (κ1) is 11.3. The van der Waals surface area contributed by atoms with Gasteiger partial charge in [-0.2, -0.15) is 0 Å². The molecule has 0 atom stereocenters. The fourth-order valence-corrected chi connectivity index (χ4v) is 2.58. The van der Waals surface area contributed by atoms with Crippen molar-refractivity contribution in [3.8, 4) is 0 Å². The molecule has 94 valence electrons. The molecule has 0 unspecified atom stereocenters. The topological polar surface area (TPSA) is 46.4 Å². The van der Waals surface area contributed by atoms with Gasteiger partial charge in [-0.3, -0.25) is 4.79 Å². The van der Waals surface area contributed by atoms with E-state index in [4.69, 9.17) is 0 Å². The quantitative estimate of drug-likeness (QED) is 0.880. The van der Waals surface area contributed by atoms with Crippen molar-refractivity contribution in [1.29, 1.82) is 0 Å². The van der Waals surface area contributed by atoms with Gasteiger partial charge in [-0.1, -0.05) is 19.3 Å². The SMILES string of the molecule is O=C(NC1CCCCC1)c1ccn2cncc2c1. The van der Waals surface area contributed by atoms with Crippen LogP contribution in [0.1, 0.15) is 42.5 Å². The molecule has 2 aromatic rings. The molecule has 1 saturated carbocycles. The number of imidazole rings is 1. The summed E-state index contributed by atoms with van der Waals surface area (Å²) in [5.41, 5.74) is 1.67. The molecule has 2 aromatic heterocycles. The van der Waals surface area contributed by atoms with Gasteiger partial charge < -0.3 is 9.72 Å². The molecule has 4 heteroatoms. The molecule has 4 nitrogen and oxygen atoms in total. The molecule has 0 radical (unpaired) electrons. The van der Waals surface area contributed by atoms with Crippen LogP contribution in [0, 0.1) is 0 Å². The zero-order valence-electron chi connectivity index (χ0n) is 10.3. The van der Waals surface area contributed by atoms with Crippen molar-refractivity contribution in [1.82, 2.24) is 14.7 Å². The lowest BCUT2D eigenvalue weighted by Crippen LogP contribution is -2.36. The van der Waals surface area contributed by atoms with E-state index >= 15 is 0 Å². The van der Waals surface area contributed by atoms with Crippen molar-refractivity contribution in [2.24, 2.45) is 0 Å². The van der Waals surface area contributed by atoms with Crippen LogP contribution in [0.5, 0.6) is 0 Å². The summed E-state index contributed by atoms with van der Waals surface area (Å²) >= 11 is 0. The molecule has 18 heavy (non-hydrogen) atoms. The highest BCUT2D eigenvalue weighted by Gasteiger charge is 2.16. The first-order valence-corrected chi connectivity index (χ1v) is 6.55. The predicted octanol–water partition coefficient (Wildman–Crippen LogP) is 2.40. The van der Waals surface area contributed by atoms with E-state index in [-0.39, 0.29) is 5.91 Å². The van der Waals surface area contributed by atoms with E-state index < -0.39 is 0 Å². The Morgan fingerprint density at radius 1 is 1.33 bits per heavy atom. The Balaban J connectivity index is 1.74. The minimum Gasteiger partial charge on any atom is -0.349 e.